The standard InChI is InChI=1S/C25H32F3N3O5S/c1-17-15-30(12-13-31(17)23(32)36-24(2,3)4)16-22(18-6-5-7-19(14-18)25(26,27)28)35-20-8-10-21(11-9-20)37(29,33)34/h5-11,14,17,22H,12-13,15-16H2,1-4H3,(H2,29,33,34)/t17-,22?/m1/s1. The molecule has 2 atom stereocenters. The number of carbonyl (C=O) groups excluding carboxylic acids is 1. The quantitative estimate of drug-likeness (QED) is 0.579. The predicted octanol–water partition coefficient (Wildman–Crippen LogP) is 4.41. The third kappa shape index (κ3) is 8.08. The molecule has 37 heavy (non-hydrogen) atoms. The first-order valence-electron chi connectivity index (χ1n) is 11.7. The Kier molecular flexibility index (Phi) is 8.45. The third-order valence-corrected chi connectivity index (χ3v) is 6.71. The van der Waals surface area contributed by atoms with Gasteiger partial charge in [-0.3, -0.25) is 4.90 Å². The maximum absolute atomic E-state index is 13.4. The molecular formula is C25H32F3N3O5S. The maximum atomic E-state index is 13.4. The SMILES string of the molecule is C[C@@H]1CN(CC(Oc2ccc(S(N)(=O)=O)cc2)c2cccc(C(F)(F)F)c2)CCN1C(=O)OC(C)(C)C. The molecule has 12 heteroatoms. The largest absolute Gasteiger partial charge is 0.484 e. The van der Waals surface area contributed by atoms with Crippen LogP contribution in [0, 0.1) is 0 Å². The number of hydrogen-bond acceptors (Lipinski definition) is 6. The van der Waals surface area contributed by atoms with Crippen molar-refractivity contribution in [3.63, 3.8) is 0 Å². The Morgan fingerprint density at radius 1 is 1.11 bits per heavy atom. The summed E-state index contributed by atoms with van der Waals surface area (Å²) in [5.41, 5.74) is -1.12. The molecule has 1 aliphatic rings. The molecule has 1 unspecified atom stereocenters. The second kappa shape index (κ2) is 10.9. The molecule has 2 aromatic rings. The average Bonchev–Trinajstić information content (AvgIpc) is 2.77. The summed E-state index contributed by atoms with van der Waals surface area (Å²) in [6.45, 7) is 8.80. The lowest BCUT2D eigenvalue weighted by molar-refractivity contribution is -0.137. The highest BCUT2D eigenvalue weighted by Crippen LogP contribution is 2.32. The molecule has 1 fully saturated rings. The minimum absolute atomic E-state index is 0.109. The van der Waals surface area contributed by atoms with Gasteiger partial charge < -0.3 is 14.4 Å². The molecule has 204 valence electrons. The van der Waals surface area contributed by atoms with Crippen molar-refractivity contribution in [1.29, 1.82) is 0 Å². The highest BCUT2D eigenvalue weighted by molar-refractivity contribution is 7.89. The van der Waals surface area contributed by atoms with Crippen molar-refractivity contribution in [2.75, 3.05) is 26.2 Å². The number of carbonyl (C=O) groups is 1. The number of halogens is 3. The van der Waals surface area contributed by atoms with Crippen LogP contribution in [0.4, 0.5) is 18.0 Å². The van der Waals surface area contributed by atoms with Gasteiger partial charge >= 0.3 is 12.3 Å². The van der Waals surface area contributed by atoms with Crippen LogP contribution in [-0.2, 0) is 20.9 Å². The smallest absolute Gasteiger partial charge is 0.416 e. The monoisotopic (exact) mass is 543 g/mol. The van der Waals surface area contributed by atoms with Gasteiger partial charge in [-0.05, 0) is 69.7 Å². The van der Waals surface area contributed by atoms with E-state index in [-0.39, 0.29) is 23.2 Å². The molecule has 2 N–H and O–H groups in total. The van der Waals surface area contributed by atoms with E-state index in [1.165, 1.54) is 30.3 Å². The topological polar surface area (TPSA) is 102 Å². The normalized spacial score (nSPS) is 18.4. The van der Waals surface area contributed by atoms with Crippen LogP contribution < -0.4 is 9.88 Å². The summed E-state index contributed by atoms with van der Waals surface area (Å²) in [6.07, 6.45) is -5.74. The Balaban J connectivity index is 1.81. The molecule has 0 aliphatic carbocycles. The summed E-state index contributed by atoms with van der Waals surface area (Å²) in [5.74, 6) is 0.273. The van der Waals surface area contributed by atoms with E-state index < -0.39 is 39.6 Å². The molecule has 0 saturated carbocycles. The predicted molar refractivity (Wildman–Crippen MR) is 131 cm³/mol. The second-order valence-corrected chi connectivity index (χ2v) is 11.6. The molecule has 2 aromatic carbocycles. The molecule has 1 saturated heterocycles. The lowest BCUT2D eigenvalue weighted by Crippen LogP contribution is -2.55. The Labute approximate surface area is 215 Å². The van der Waals surface area contributed by atoms with Crippen LogP contribution in [0.2, 0.25) is 0 Å². The van der Waals surface area contributed by atoms with Crippen molar-refractivity contribution < 1.29 is 35.9 Å². The molecule has 0 aromatic heterocycles. The molecule has 1 amide bonds. The number of primary sulfonamides is 1. The van der Waals surface area contributed by atoms with Crippen LogP contribution in [0.15, 0.2) is 53.4 Å². The van der Waals surface area contributed by atoms with Gasteiger partial charge in [-0.2, -0.15) is 13.2 Å². The van der Waals surface area contributed by atoms with Gasteiger partial charge in [0.25, 0.3) is 0 Å². The number of benzene rings is 2. The first kappa shape index (κ1) is 28.7. The fourth-order valence-corrected chi connectivity index (χ4v) is 4.54. The van der Waals surface area contributed by atoms with E-state index in [9.17, 15) is 26.4 Å². The summed E-state index contributed by atoms with van der Waals surface area (Å²) in [7, 11) is -3.91. The number of hydrogen-bond donors (Lipinski definition) is 1. The lowest BCUT2D eigenvalue weighted by Gasteiger charge is -2.41. The number of rotatable bonds is 6. The molecule has 1 aliphatic heterocycles. The van der Waals surface area contributed by atoms with Crippen molar-refractivity contribution in [3.05, 3.63) is 59.7 Å². The maximum Gasteiger partial charge on any atom is 0.416 e. The molecule has 8 nitrogen and oxygen atoms in total. The lowest BCUT2D eigenvalue weighted by atomic mass is 10.0. The summed E-state index contributed by atoms with van der Waals surface area (Å²) in [5, 5.41) is 5.14. The molecule has 3 rings (SSSR count). The first-order chi connectivity index (χ1) is 17.0. The van der Waals surface area contributed by atoms with Gasteiger partial charge in [-0.15, -0.1) is 0 Å². The van der Waals surface area contributed by atoms with Crippen LogP contribution in [0.1, 0.15) is 44.9 Å². The van der Waals surface area contributed by atoms with Gasteiger partial charge in [-0.1, -0.05) is 12.1 Å². The minimum atomic E-state index is -4.52. The van der Waals surface area contributed by atoms with Gasteiger partial charge in [0.1, 0.15) is 17.5 Å². The van der Waals surface area contributed by atoms with E-state index in [0.717, 1.165) is 12.1 Å². The van der Waals surface area contributed by atoms with E-state index in [1.807, 2.05) is 11.8 Å². The van der Waals surface area contributed by atoms with Crippen molar-refractivity contribution in [3.8, 4) is 5.75 Å². The summed E-state index contributed by atoms with van der Waals surface area (Å²) in [6, 6.07) is 10.1. The fourth-order valence-electron chi connectivity index (χ4n) is 4.02. The van der Waals surface area contributed by atoms with Crippen molar-refractivity contribution in [2.24, 2.45) is 5.14 Å². The Morgan fingerprint density at radius 2 is 1.76 bits per heavy atom. The van der Waals surface area contributed by atoms with E-state index in [2.05, 4.69) is 0 Å². The summed E-state index contributed by atoms with van der Waals surface area (Å²) >= 11 is 0. The highest BCUT2D eigenvalue weighted by Gasteiger charge is 2.34. The molecular weight excluding hydrogens is 511 g/mol. The van der Waals surface area contributed by atoms with E-state index in [1.54, 1.807) is 31.7 Å². The number of amides is 1. The Hall–Kier alpha value is -2.83. The first-order valence-corrected chi connectivity index (χ1v) is 13.3. The van der Waals surface area contributed by atoms with E-state index >= 15 is 0 Å². The zero-order valence-electron chi connectivity index (χ0n) is 21.2. The number of alkyl halides is 3. The van der Waals surface area contributed by atoms with Gasteiger partial charge in [-0.25, -0.2) is 18.4 Å². The number of ether oxygens (including phenoxy) is 2. The molecule has 1 heterocycles. The van der Waals surface area contributed by atoms with Crippen molar-refractivity contribution >= 4 is 16.1 Å². The number of sulfonamides is 1. The van der Waals surface area contributed by atoms with Crippen LogP contribution in [0.25, 0.3) is 0 Å². The average molecular weight is 544 g/mol. The molecule has 0 spiro atoms. The van der Waals surface area contributed by atoms with Crippen LogP contribution in [0.5, 0.6) is 5.75 Å². The van der Waals surface area contributed by atoms with Crippen LogP contribution in [-0.4, -0.2) is 62.1 Å². The zero-order valence-corrected chi connectivity index (χ0v) is 22.0. The fraction of sp³-hybridized carbons (Fsp3) is 0.480. The number of piperazine rings is 1. The Morgan fingerprint density at radius 3 is 2.30 bits per heavy atom. The highest BCUT2D eigenvalue weighted by atomic mass is 32.2. The summed E-state index contributed by atoms with van der Waals surface area (Å²) < 4.78 is 74.8. The number of nitrogens with two attached hydrogens (primary N) is 1. The molecule has 0 bridgehead atoms. The summed E-state index contributed by atoms with van der Waals surface area (Å²) in [4.78, 5) is 16.1. The second-order valence-electron chi connectivity index (χ2n) is 10.0. The number of nitrogens with zero attached hydrogens (tertiary/aromatic N) is 2. The molecule has 0 radical (unpaired) electrons. The van der Waals surface area contributed by atoms with Crippen molar-refractivity contribution in [1.82, 2.24) is 9.80 Å². The Bertz CT molecular complexity index is 1200. The van der Waals surface area contributed by atoms with E-state index in [4.69, 9.17) is 14.6 Å². The van der Waals surface area contributed by atoms with Gasteiger partial charge in [0, 0.05) is 32.2 Å². The van der Waals surface area contributed by atoms with Crippen LogP contribution in [0.3, 0.4) is 0 Å². The van der Waals surface area contributed by atoms with Crippen molar-refractivity contribution in [2.45, 2.75) is 56.5 Å². The zero-order chi connectivity index (χ0) is 27.6. The van der Waals surface area contributed by atoms with Gasteiger partial charge in [0.15, 0.2) is 0 Å². The van der Waals surface area contributed by atoms with E-state index in [0.29, 0.717) is 25.2 Å². The van der Waals surface area contributed by atoms with Crippen LogP contribution >= 0.6 is 0 Å². The van der Waals surface area contributed by atoms with Gasteiger partial charge in [0.2, 0.25) is 10.0 Å². The third-order valence-electron chi connectivity index (χ3n) is 5.78. The van der Waals surface area contributed by atoms with Gasteiger partial charge in [0.05, 0.1) is 10.5 Å². The minimum Gasteiger partial charge on any atom is -0.484 e.